The number of methoxy groups -OCH3 is 1. The summed E-state index contributed by atoms with van der Waals surface area (Å²) in [6.45, 7) is 0.151. The number of nitrogens with zero attached hydrogens (tertiary/aromatic N) is 1. The third-order valence-electron chi connectivity index (χ3n) is 2.27. The van der Waals surface area contributed by atoms with Gasteiger partial charge in [-0.15, -0.1) is 0 Å². The van der Waals surface area contributed by atoms with Crippen molar-refractivity contribution < 1.29 is 19.9 Å². The molecule has 0 aliphatic heterocycles. The van der Waals surface area contributed by atoms with E-state index in [0.717, 1.165) is 6.08 Å². The minimum atomic E-state index is -1.77. The third-order valence-corrected chi connectivity index (χ3v) is 2.27. The first-order chi connectivity index (χ1) is 7.53. The fourth-order valence-electron chi connectivity index (χ4n) is 1.42. The number of rotatable bonds is 5. The normalized spacial score (nSPS) is 28.9. The van der Waals surface area contributed by atoms with Gasteiger partial charge in [0.05, 0.1) is 23.6 Å². The molecule has 0 fully saturated rings. The largest absolute Gasteiger partial charge is 0.395 e. The molecule has 0 radical (unpaired) electrons. The number of hydrogen-bond donors (Lipinski definition) is 3. The summed E-state index contributed by atoms with van der Waals surface area (Å²) in [6.07, 6.45) is 3.74. The Morgan fingerprint density at radius 2 is 2.44 bits per heavy atom. The van der Waals surface area contributed by atoms with Gasteiger partial charge in [-0.2, -0.15) is 0 Å². The van der Waals surface area contributed by atoms with Crippen LogP contribution in [0.15, 0.2) is 23.9 Å². The average Bonchev–Trinajstić information content (AvgIpc) is 2.27. The van der Waals surface area contributed by atoms with Gasteiger partial charge in [0.2, 0.25) is 5.79 Å². The SMILES string of the molecule is COC1(O)C=C([N+](=O)[O-])C=CC1NCCO. The molecule has 0 aromatic rings. The Morgan fingerprint density at radius 1 is 1.75 bits per heavy atom. The van der Waals surface area contributed by atoms with Crippen LogP contribution in [0.25, 0.3) is 0 Å². The van der Waals surface area contributed by atoms with Crippen LogP contribution in [0, 0.1) is 10.1 Å². The van der Waals surface area contributed by atoms with E-state index in [-0.39, 0.29) is 18.8 Å². The lowest BCUT2D eigenvalue weighted by Gasteiger charge is -2.32. The molecule has 0 heterocycles. The molecule has 90 valence electrons. The molecule has 3 N–H and O–H groups in total. The lowest BCUT2D eigenvalue weighted by atomic mass is 10.00. The summed E-state index contributed by atoms with van der Waals surface area (Å²) in [7, 11) is 1.25. The van der Waals surface area contributed by atoms with Crippen LogP contribution in [0.1, 0.15) is 0 Å². The van der Waals surface area contributed by atoms with Crippen LogP contribution in [-0.2, 0) is 4.74 Å². The lowest BCUT2D eigenvalue weighted by Crippen LogP contribution is -2.52. The molecule has 16 heavy (non-hydrogen) atoms. The number of nitro groups is 1. The molecule has 1 aliphatic rings. The van der Waals surface area contributed by atoms with Gasteiger partial charge in [0.15, 0.2) is 0 Å². The van der Waals surface area contributed by atoms with Crippen molar-refractivity contribution in [3.8, 4) is 0 Å². The zero-order valence-corrected chi connectivity index (χ0v) is 8.79. The van der Waals surface area contributed by atoms with Gasteiger partial charge in [0.1, 0.15) is 0 Å². The highest BCUT2D eigenvalue weighted by molar-refractivity contribution is 5.26. The van der Waals surface area contributed by atoms with Gasteiger partial charge in [-0.25, -0.2) is 0 Å². The van der Waals surface area contributed by atoms with E-state index in [2.05, 4.69) is 5.32 Å². The number of allylic oxidation sites excluding steroid dienone is 1. The first kappa shape index (κ1) is 12.8. The maximum absolute atomic E-state index is 10.5. The van der Waals surface area contributed by atoms with E-state index < -0.39 is 16.8 Å². The quantitative estimate of drug-likeness (QED) is 0.318. The summed E-state index contributed by atoms with van der Waals surface area (Å²) in [6, 6.07) is -0.631. The molecule has 0 aromatic carbocycles. The number of aliphatic hydroxyl groups excluding tert-OH is 1. The maximum atomic E-state index is 10.5. The zero-order valence-electron chi connectivity index (χ0n) is 8.79. The fraction of sp³-hybridized carbons (Fsp3) is 0.556. The van der Waals surface area contributed by atoms with Crippen LogP contribution in [-0.4, -0.2) is 47.2 Å². The number of hydrogen-bond acceptors (Lipinski definition) is 6. The maximum Gasteiger partial charge on any atom is 0.270 e. The Labute approximate surface area is 92.2 Å². The van der Waals surface area contributed by atoms with Crippen LogP contribution in [0.2, 0.25) is 0 Å². The van der Waals surface area contributed by atoms with E-state index in [1.54, 1.807) is 0 Å². The van der Waals surface area contributed by atoms with Crippen molar-refractivity contribution >= 4 is 0 Å². The average molecular weight is 230 g/mol. The summed E-state index contributed by atoms with van der Waals surface area (Å²) in [5, 5.41) is 32.0. The van der Waals surface area contributed by atoms with Crippen molar-refractivity contribution in [1.82, 2.24) is 5.32 Å². The zero-order chi connectivity index (χ0) is 12.2. The summed E-state index contributed by atoms with van der Waals surface area (Å²) in [4.78, 5) is 9.93. The molecule has 2 unspecified atom stereocenters. The van der Waals surface area contributed by atoms with E-state index in [1.807, 2.05) is 0 Å². The van der Waals surface area contributed by atoms with Crippen molar-refractivity contribution in [2.45, 2.75) is 11.8 Å². The van der Waals surface area contributed by atoms with Crippen LogP contribution in [0.3, 0.4) is 0 Å². The van der Waals surface area contributed by atoms with E-state index in [4.69, 9.17) is 9.84 Å². The molecular weight excluding hydrogens is 216 g/mol. The van der Waals surface area contributed by atoms with Crippen LogP contribution >= 0.6 is 0 Å². The summed E-state index contributed by atoms with van der Waals surface area (Å²) in [5.41, 5.74) is -0.230. The van der Waals surface area contributed by atoms with Crippen LogP contribution in [0.4, 0.5) is 0 Å². The molecule has 0 saturated heterocycles. The standard InChI is InChI=1S/C9H14N2O5/c1-16-9(13)6-7(11(14)15)2-3-8(9)10-4-5-12/h2-3,6,8,10,12-13H,4-5H2,1H3. The van der Waals surface area contributed by atoms with E-state index in [1.165, 1.54) is 19.3 Å². The fourth-order valence-corrected chi connectivity index (χ4v) is 1.42. The number of aliphatic hydroxyl groups is 2. The molecule has 0 spiro atoms. The first-order valence-electron chi connectivity index (χ1n) is 4.70. The van der Waals surface area contributed by atoms with Crippen LogP contribution < -0.4 is 5.32 Å². The van der Waals surface area contributed by atoms with E-state index in [0.29, 0.717) is 0 Å². The Morgan fingerprint density at radius 3 is 2.94 bits per heavy atom. The Kier molecular flexibility index (Phi) is 4.13. The van der Waals surface area contributed by atoms with Crippen LogP contribution in [0.5, 0.6) is 0 Å². The highest BCUT2D eigenvalue weighted by Crippen LogP contribution is 2.22. The molecule has 2 atom stereocenters. The second-order valence-corrected chi connectivity index (χ2v) is 3.30. The molecule has 0 bridgehead atoms. The Hall–Kier alpha value is -1.28. The van der Waals surface area contributed by atoms with Crippen molar-refractivity contribution in [3.05, 3.63) is 34.0 Å². The molecular formula is C9H14N2O5. The molecule has 7 heteroatoms. The number of ether oxygens (including phenoxy) is 1. The van der Waals surface area contributed by atoms with E-state index in [9.17, 15) is 15.2 Å². The summed E-state index contributed by atoms with van der Waals surface area (Å²) >= 11 is 0. The summed E-state index contributed by atoms with van der Waals surface area (Å²) in [5.74, 6) is -1.77. The molecule has 0 saturated carbocycles. The second-order valence-electron chi connectivity index (χ2n) is 3.30. The highest BCUT2D eigenvalue weighted by Gasteiger charge is 2.38. The minimum Gasteiger partial charge on any atom is -0.395 e. The molecule has 1 aliphatic carbocycles. The first-order valence-corrected chi connectivity index (χ1v) is 4.70. The Balaban J connectivity index is 2.85. The molecule has 0 amide bonds. The topological polar surface area (TPSA) is 105 Å². The third kappa shape index (κ3) is 2.64. The van der Waals surface area contributed by atoms with Gasteiger partial charge in [0.25, 0.3) is 5.70 Å². The highest BCUT2D eigenvalue weighted by atomic mass is 16.6. The molecule has 0 aromatic heterocycles. The Bertz CT molecular complexity index is 328. The van der Waals surface area contributed by atoms with Crippen molar-refractivity contribution in [2.75, 3.05) is 20.3 Å². The molecule has 1 rings (SSSR count). The van der Waals surface area contributed by atoms with Gasteiger partial charge < -0.3 is 20.3 Å². The van der Waals surface area contributed by atoms with Gasteiger partial charge in [0, 0.05) is 19.7 Å². The van der Waals surface area contributed by atoms with Gasteiger partial charge >= 0.3 is 0 Å². The minimum absolute atomic E-state index is 0.101. The molecule has 7 nitrogen and oxygen atoms in total. The predicted octanol–water partition coefficient (Wildman–Crippen LogP) is -0.998. The van der Waals surface area contributed by atoms with E-state index >= 15 is 0 Å². The van der Waals surface area contributed by atoms with Crippen molar-refractivity contribution in [2.24, 2.45) is 0 Å². The summed E-state index contributed by atoms with van der Waals surface area (Å²) < 4.78 is 4.85. The van der Waals surface area contributed by atoms with Gasteiger partial charge in [-0.05, 0) is 0 Å². The monoisotopic (exact) mass is 230 g/mol. The smallest absolute Gasteiger partial charge is 0.270 e. The van der Waals surface area contributed by atoms with Gasteiger partial charge in [-0.1, -0.05) is 6.08 Å². The second kappa shape index (κ2) is 5.17. The lowest BCUT2D eigenvalue weighted by molar-refractivity contribution is -0.421. The van der Waals surface area contributed by atoms with Crippen molar-refractivity contribution in [3.63, 3.8) is 0 Å². The predicted molar refractivity (Wildman–Crippen MR) is 55.1 cm³/mol. The van der Waals surface area contributed by atoms with Gasteiger partial charge in [-0.3, -0.25) is 10.1 Å². The number of nitrogens with one attached hydrogen (secondary N) is 1. The van der Waals surface area contributed by atoms with Crippen molar-refractivity contribution in [1.29, 1.82) is 0 Å².